The fourth-order valence-corrected chi connectivity index (χ4v) is 1.29. The van der Waals surface area contributed by atoms with Crippen LogP contribution in [0, 0.1) is 0 Å². The van der Waals surface area contributed by atoms with Crippen LogP contribution in [-0.4, -0.2) is 6.61 Å². The summed E-state index contributed by atoms with van der Waals surface area (Å²) in [6.07, 6.45) is 11.6. The molecule has 1 nitrogen and oxygen atoms in total. The molecule has 0 atom stereocenters. The third-order valence-electron chi connectivity index (χ3n) is 2.08. The van der Waals surface area contributed by atoms with Crippen molar-refractivity contribution in [2.45, 2.75) is 12.8 Å². The molecule has 0 amide bonds. The van der Waals surface area contributed by atoms with Crippen molar-refractivity contribution >= 4 is 0 Å². The fourth-order valence-electron chi connectivity index (χ4n) is 1.29. The zero-order valence-electron chi connectivity index (χ0n) is 9.51. The first-order valence-electron chi connectivity index (χ1n) is 5.51. The maximum atomic E-state index is 5.10. The van der Waals surface area contributed by atoms with Crippen molar-refractivity contribution in [1.29, 1.82) is 0 Å². The standard InChI is InChI=1S/C15H18O/c1-2-13-16-14-9-4-3-6-10-15-11-7-5-8-12-15/h2-5,7-9,11-12,14H,1,6,10,13H2/b4-3+,14-9-. The summed E-state index contributed by atoms with van der Waals surface area (Å²) >= 11 is 0. The quantitative estimate of drug-likeness (QED) is 0.289. The molecule has 0 aromatic heterocycles. The van der Waals surface area contributed by atoms with Gasteiger partial charge in [-0.1, -0.05) is 55.1 Å². The molecule has 0 saturated carbocycles. The summed E-state index contributed by atoms with van der Waals surface area (Å²) in [5, 5.41) is 0. The minimum absolute atomic E-state index is 0.564. The topological polar surface area (TPSA) is 9.23 Å². The zero-order chi connectivity index (χ0) is 11.5. The van der Waals surface area contributed by atoms with Crippen LogP contribution >= 0.6 is 0 Å². The number of aryl methyl sites for hydroxylation is 1. The van der Waals surface area contributed by atoms with Crippen LogP contribution < -0.4 is 0 Å². The molecule has 0 fully saturated rings. The van der Waals surface area contributed by atoms with Crippen LogP contribution in [0.2, 0.25) is 0 Å². The van der Waals surface area contributed by atoms with E-state index in [4.69, 9.17) is 4.74 Å². The molecule has 0 unspecified atom stereocenters. The van der Waals surface area contributed by atoms with E-state index in [1.165, 1.54) is 5.56 Å². The summed E-state index contributed by atoms with van der Waals surface area (Å²) in [6, 6.07) is 10.5. The lowest BCUT2D eigenvalue weighted by molar-refractivity contribution is 0.290. The van der Waals surface area contributed by atoms with Gasteiger partial charge in [0.25, 0.3) is 0 Å². The van der Waals surface area contributed by atoms with Crippen molar-refractivity contribution in [1.82, 2.24) is 0 Å². The average Bonchev–Trinajstić information content (AvgIpc) is 2.34. The van der Waals surface area contributed by atoms with E-state index in [9.17, 15) is 0 Å². The Balaban J connectivity index is 2.13. The number of hydrogen-bond donors (Lipinski definition) is 0. The minimum atomic E-state index is 0.564. The molecule has 0 radical (unpaired) electrons. The molecule has 0 aliphatic heterocycles. The van der Waals surface area contributed by atoms with Gasteiger partial charge in [0.1, 0.15) is 6.61 Å². The summed E-state index contributed by atoms with van der Waals surface area (Å²) in [4.78, 5) is 0. The summed E-state index contributed by atoms with van der Waals surface area (Å²) in [6.45, 7) is 4.13. The van der Waals surface area contributed by atoms with Crippen LogP contribution in [0.3, 0.4) is 0 Å². The Morgan fingerprint density at radius 2 is 1.94 bits per heavy atom. The molecule has 0 spiro atoms. The van der Waals surface area contributed by atoms with Gasteiger partial charge in [-0.25, -0.2) is 0 Å². The first-order valence-corrected chi connectivity index (χ1v) is 5.51. The first kappa shape index (κ1) is 12.3. The molecule has 0 saturated heterocycles. The maximum absolute atomic E-state index is 5.10. The molecule has 1 heteroatoms. The molecule has 0 bridgehead atoms. The van der Waals surface area contributed by atoms with Crippen LogP contribution in [0.1, 0.15) is 12.0 Å². The largest absolute Gasteiger partial charge is 0.497 e. The van der Waals surface area contributed by atoms with Crippen LogP contribution in [0.4, 0.5) is 0 Å². The van der Waals surface area contributed by atoms with Crippen LogP contribution in [0.15, 0.2) is 67.5 Å². The van der Waals surface area contributed by atoms with E-state index < -0.39 is 0 Å². The first-order chi connectivity index (χ1) is 7.93. The monoisotopic (exact) mass is 214 g/mol. The van der Waals surface area contributed by atoms with E-state index >= 15 is 0 Å². The number of ether oxygens (including phenoxy) is 1. The van der Waals surface area contributed by atoms with Gasteiger partial charge in [-0.2, -0.15) is 0 Å². The predicted octanol–water partition coefficient (Wildman–Crippen LogP) is 3.89. The second kappa shape index (κ2) is 8.54. The highest BCUT2D eigenvalue weighted by Crippen LogP contribution is 2.02. The van der Waals surface area contributed by atoms with Crippen molar-refractivity contribution < 1.29 is 4.74 Å². The van der Waals surface area contributed by atoms with E-state index in [0.717, 1.165) is 12.8 Å². The molecular weight excluding hydrogens is 196 g/mol. The second-order valence-corrected chi connectivity index (χ2v) is 3.40. The fraction of sp³-hybridized carbons (Fsp3) is 0.200. The van der Waals surface area contributed by atoms with Gasteiger partial charge in [0.05, 0.1) is 6.26 Å². The Labute approximate surface area is 97.8 Å². The van der Waals surface area contributed by atoms with Gasteiger partial charge in [-0.15, -0.1) is 0 Å². The second-order valence-electron chi connectivity index (χ2n) is 3.40. The number of benzene rings is 1. The SMILES string of the molecule is C=CCO/C=C\C=C\CCc1ccccc1. The van der Waals surface area contributed by atoms with Crippen LogP contribution in [-0.2, 0) is 11.2 Å². The maximum Gasteiger partial charge on any atom is 0.105 e. The lowest BCUT2D eigenvalue weighted by Gasteiger charge is -1.95. The van der Waals surface area contributed by atoms with E-state index in [1.54, 1.807) is 12.3 Å². The smallest absolute Gasteiger partial charge is 0.105 e. The Hall–Kier alpha value is -1.76. The third-order valence-corrected chi connectivity index (χ3v) is 2.08. The van der Waals surface area contributed by atoms with Gasteiger partial charge < -0.3 is 4.74 Å². The van der Waals surface area contributed by atoms with Crippen LogP contribution in [0.5, 0.6) is 0 Å². The predicted molar refractivity (Wildman–Crippen MR) is 69.2 cm³/mol. The highest BCUT2D eigenvalue weighted by Gasteiger charge is 1.86. The van der Waals surface area contributed by atoms with E-state index in [2.05, 4.69) is 36.9 Å². The molecule has 84 valence electrons. The van der Waals surface area contributed by atoms with Gasteiger partial charge >= 0.3 is 0 Å². The molecule has 0 N–H and O–H groups in total. The Kier molecular flexibility index (Phi) is 6.57. The van der Waals surface area contributed by atoms with E-state index in [1.807, 2.05) is 18.2 Å². The summed E-state index contributed by atoms with van der Waals surface area (Å²) in [5.41, 5.74) is 1.37. The van der Waals surface area contributed by atoms with Gasteiger partial charge in [0.15, 0.2) is 0 Å². The van der Waals surface area contributed by atoms with Crippen LogP contribution in [0.25, 0.3) is 0 Å². The molecular formula is C15H18O. The van der Waals surface area contributed by atoms with E-state index in [0.29, 0.717) is 6.61 Å². The number of allylic oxidation sites excluding steroid dienone is 3. The highest BCUT2D eigenvalue weighted by molar-refractivity contribution is 5.15. The molecule has 0 aliphatic carbocycles. The third kappa shape index (κ3) is 5.86. The zero-order valence-corrected chi connectivity index (χ0v) is 9.51. The summed E-state index contributed by atoms with van der Waals surface area (Å²) in [5.74, 6) is 0. The van der Waals surface area contributed by atoms with Gasteiger partial charge in [-0.3, -0.25) is 0 Å². The molecule has 0 aliphatic rings. The van der Waals surface area contributed by atoms with Crippen molar-refractivity contribution in [3.63, 3.8) is 0 Å². The average molecular weight is 214 g/mol. The summed E-state index contributed by atoms with van der Waals surface area (Å²) < 4.78 is 5.10. The number of hydrogen-bond acceptors (Lipinski definition) is 1. The van der Waals surface area contributed by atoms with Crippen molar-refractivity contribution in [3.05, 3.63) is 73.0 Å². The van der Waals surface area contributed by atoms with Crippen molar-refractivity contribution in [3.8, 4) is 0 Å². The van der Waals surface area contributed by atoms with Gasteiger partial charge in [0.2, 0.25) is 0 Å². The lowest BCUT2D eigenvalue weighted by atomic mass is 10.1. The van der Waals surface area contributed by atoms with E-state index in [-0.39, 0.29) is 0 Å². The van der Waals surface area contributed by atoms with Gasteiger partial charge in [-0.05, 0) is 24.5 Å². The van der Waals surface area contributed by atoms with Gasteiger partial charge in [0, 0.05) is 0 Å². The molecule has 0 heterocycles. The minimum Gasteiger partial charge on any atom is -0.497 e. The molecule has 16 heavy (non-hydrogen) atoms. The highest BCUT2D eigenvalue weighted by atomic mass is 16.5. The molecule has 1 aromatic rings. The van der Waals surface area contributed by atoms with Crippen molar-refractivity contribution in [2.75, 3.05) is 6.61 Å². The number of rotatable bonds is 7. The molecule has 1 aromatic carbocycles. The molecule has 1 rings (SSSR count). The lowest BCUT2D eigenvalue weighted by Crippen LogP contribution is -1.81. The normalized spacial score (nSPS) is 11.0. The van der Waals surface area contributed by atoms with Crippen molar-refractivity contribution in [2.24, 2.45) is 0 Å². The Morgan fingerprint density at radius 1 is 1.12 bits per heavy atom. The summed E-state index contributed by atoms with van der Waals surface area (Å²) in [7, 11) is 0. The Bertz CT molecular complexity index is 336. The Morgan fingerprint density at radius 3 is 2.69 bits per heavy atom.